The van der Waals surface area contributed by atoms with Gasteiger partial charge < -0.3 is 15.4 Å². The maximum Gasteiger partial charge on any atom is 0.390 e. The van der Waals surface area contributed by atoms with Crippen molar-refractivity contribution in [2.45, 2.75) is 0 Å². The molecule has 0 spiro atoms. The van der Waals surface area contributed by atoms with Crippen LogP contribution < -0.4 is 5.32 Å². The van der Waals surface area contributed by atoms with E-state index in [0.717, 1.165) is 0 Å². The molecule has 92 valence electrons. The minimum Gasteiger partial charge on any atom is -0.358 e. The van der Waals surface area contributed by atoms with E-state index in [9.17, 15) is 14.9 Å². The van der Waals surface area contributed by atoms with Gasteiger partial charge >= 0.3 is 5.82 Å². The van der Waals surface area contributed by atoms with E-state index in [1.54, 1.807) is 24.3 Å². The quantitative estimate of drug-likeness (QED) is 0.649. The molecule has 2 aromatic rings. The van der Waals surface area contributed by atoms with Crippen molar-refractivity contribution in [3.8, 4) is 5.69 Å². The number of carbonyl (C=O) groups excluding carboxylic acids is 1. The second-order valence-corrected chi connectivity index (χ2v) is 3.51. The maximum atomic E-state index is 11.5. The van der Waals surface area contributed by atoms with Gasteiger partial charge in [0.05, 0.1) is 23.0 Å². The number of hydrogen-bond donors (Lipinski definition) is 1. The number of benzene rings is 1. The Bertz CT molecular complexity index is 606. The molecule has 1 amide bonds. The zero-order chi connectivity index (χ0) is 13.1. The number of aromatic nitrogens is 2. The van der Waals surface area contributed by atoms with Gasteiger partial charge in [0.1, 0.15) is 0 Å². The average Bonchev–Trinajstić information content (AvgIpc) is 2.88. The fourth-order valence-corrected chi connectivity index (χ4v) is 1.49. The molecule has 0 unspecified atom stereocenters. The lowest BCUT2D eigenvalue weighted by atomic mass is 10.2. The molecule has 1 heterocycles. The number of nitrogens with zero attached hydrogens (tertiary/aromatic N) is 3. The molecule has 2 rings (SSSR count). The summed E-state index contributed by atoms with van der Waals surface area (Å²) >= 11 is 0. The van der Waals surface area contributed by atoms with Crippen LogP contribution in [0.25, 0.3) is 5.69 Å². The summed E-state index contributed by atoms with van der Waals surface area (Å²) in [5, 5.41) is 16.8. The molecule has 0 aliphatic carbocycles. The van der Waals surface area contributed by atoms with Crippen molar-refractivity contribution >= 4 is 11.7 Å². The molecule has 0 fully saturated rings. The summed E-state index contributed by atoms with van der Waals surface area (Å²) in [6, 6.07) is 7.96. The number of rotatable bonds is 3. The maximum absolute atomic E-state index is 11.5. The molecule has 1 aromatic carbocycles. The van der Waals surface area contributed by atoms with Gasteiger partial charge in [-0.15, -0.1) is 4.68 Å². The molecule has 0 saturated heterocycles. The minimum atomic E-state index is -0.570. The van der Waals surface area contributed by atoms with Crippen LogP contribution in [-0.2, 0) is 0 Å². The van der Waals surface area contributed by atoms with Crippen LogP contribution in [0.15, 0.2) is 36.5 Å². The lowest BCUT2D eigenvalue weighted by Crippen LogP contribution is -2.17. The Morgan fingerprint density at radius 1 is 1.44 bits per heavy atom. The largest absolute Gasteiger partial charge is 0.390 e. The molecule has 0 aliphatic rings. The van der Waals surface area contributed by atoms with E-state index in [1.165, 1.54) is 24.0 Å². The Morgan fingerprint density at radius 3 is 2.83 bits per heavy atom. The fraction of sp³-hybridized carbons (Fsp3) is 0.0909. The van der Waals surface area contributed by atoms with Crippen LogP contribution in [0, 0.1) is 10.1 Å². The van der Waals surface area contributed by atoms with Crippen molar-refractivity contribution in [1.82, 2.24) is 15.1 Å². The highest BCUT2D eigenvalue weighted by atomic mass is 16.6. The topological polar surface area (TPSA) is 90.1 Å². The zero-order valence-corrected chi connectivity index (χ0v) is 9.53. The Hall–Kier alpha value is -2.70. The van der Waals surface area contributed by atoms with Crippen LogP contribution in [0.5, 0.6) is 0 Å². The van der Waals surface area contributed by atoms with E-state index in [0.29, 0.717) is 11.3 Å². The molecule has 7 heteroatoms. The number of hydrogen-bond acceptors (Lipinski definition) is 4. The molecule has 0 bridgehead atoms. The summed E-state index contributed by atoms with van der Waals surface area (Å²) in [7, 11) is 1.54. The van der Waals surface area contributed by atoms with Gasteiger partial charge in [-0.1, -0.05) is 6.07 Å². The number of nitrogens with one attached hydrogen (secondary N) is 1. The van der Waals surface area contributed by atoms with Crippen molar-refractivity contribution in [1.29, 1.82) is 0 Å². The van der Waals surface area contributed by atoms with Crippen molar-refractivity contribution in [2.75, 3.05) is 7.05 Å². The van der Waals surface area contributed by atoms with Crippen molar-refractivity contribution < 1.29 is 9.72 Å². The average molecular weight is 246 g/mol. The molecule has 0 atom stereocenters. The summed E-state index contributed by atoms with van der Waals surface area (Å²) in [6.07, 6.45) is 1.47. The van der Waals surface area contributed by atoms with Crippen LogP contribution in [0.3, 0.4) is 0 Å². The Kier molecular flexibility index (Phi) is 3.05. The minimum absolute atomic E-state index is 0.224. The first-order valence-corrected chi connectivity index (χ1v) is 5.14. The van der Waals surface area contributed by atoms with Gasteiger partial charge in [-0.3, -0.25) is 4.79 Å². The van der Waals surface area contributed by atoms with Crippen molar-refractivity contribution in [3.63, 3.8) is 0 Å². The summed E-state index contributed by atoms with van der Waals surface area (Å²) in [4.78, 5) is 21.4. The number of amides is 1. The summed E-state index contributed by atoms with van der Waals surface area (Å²) < 4.78 is 1.35. The second kappa shape index (κ2) is 4.66. The van der Waals surface area contributed by atoms with E-state index in [2.05, 4.69) is 10.4 Å². The Labute approximate surface area is 102 Å². The van der Waals surface area contributed by atoms with Crippen LogP contribution in [0.1, 0.15) is 10.4 Å². The van der Waals surface area contributed by atoms with Crippen LogP contribution in [0.4, 0.5) is 5.82 Å². The predicted octanol–water partition coefficient (Wildman–Crippen LogP) is 1.14. The molecule has 1 N–H and O–H groups in total. The van der Waals surface area contributed by atoms with E-state index < -0.39 is 4.92 Å². The van der Waals surface area contributed by atoms with E-state index in [1.807, 2.05) is 0 Å². The second-order valence-electron chi connectivity index (χ2n) is 3.51. The van der Waals surface area contributed by atoms with Crippen molar-refractivity contribution in [2.24, 2.45) is 0 Å². The third kappa shape index (κ3) is 2.19. The highest BCUT2D eigenvalue weighted by Crippen LogP contribution is 2.13. The standard InChI is InChI=1S/C11H10N4O3/c1-12-11(16)8-3-2-4-9(7-8)14-6-5-10(13-14)15(17)18/h2-7H,1H3,(H,12,16). The van der Waals surface area contributed by atoms with Crippen LogP contribution in [-0.4, -0.2) is 27.7 Å². The van der Waals surface area contributed by atoms with Gasteiger partial charge in [0.25, 0.3) is 5.91 Å². The van der Waals surface area contributed by atoms with Gasteiger partial charge in [0.15, 0.2) is 0 Å². The summed E-state index contributed by atoms with van der Waals surface area (Å²) in [5.41, 5.74) is 1.05. The monoisotopic (exact) mass is 246 g/mol. The summed E-state index contributed by atoms with van der Waals surface area (Å²) in [6.45, 7) is 0. The van der Waals surface area contributed by atoms with E-state index >= 15 is 0 Å². The lowest BCUT2D eigenvalue weighted by molar-refractivity contribution is -0.389. The Morgan fingerprint density at radius 2 is 2.22 bits per heavy atom. The van der Waals surface area contributed by atoms with Crippen molar-refractivity contribution in [3.05, 3.63) is 52.2 Å². The molecule has 0 aliphatic heterocycles. The van der Waals surface area contributed by atoms with Gasteiger partial charge in [0, 0.05) is 12.6 Å². The normalized spacial score (nSPS) is 10.1. The van der Waals surface area contributed by atoms with Crippen LogP contribution in [0.2, 0.25) is 0 Å². The number of nitro groups is 1. The van der Waals surface area contributed by atoms with Crippen LogP contribution >= 0.6 is 0 Å². The molecule has 18 heavy (non-hydrogen) atoms. The summed E-state index contributed by atoms with van der Waals surface area (Å²) in [5.74, 6) is -0.459. The first-order chi connectivity index (χ1) is 8.61. The predicted molar refractivity (Wildman–Crippen MR) is 63.6 cm³/mol. The first-order valence-electron chi connectivity index (χ1n) is 5.14. The highest BCUT2D eigenvalue weighted by molar-refractivity contribution is 5.94. The molecular formula is C11H10N4O3. The molecule has 1 aromatic heterocycles. The molecule has 0 radical (unpaired) electrons. The first kappa shape index (κ1) is 11.8. The fourth-order valence-electron chi connectivity index (χ4n) is 1.49. The molecule has 7 nitrogen and oxygen atoms in total. The Balaban J connectivity index is 2.38. The zero-order valence-electron chi connectivity index (χ0n) is 9.53. The highest BCUT2D eigenvalue weighted by Gasteiger charge is 2.13. The SMILES string of the molecule is CNC(=O)c1cccc(-n2ccc([N+](=O)[O-])n2)c1. The van der Waals surface area contributed by atoms with Gasteiger partial charge in [-0.2, -0.15) is 0 Å². The van der Waals surface area contributed by atoms with Gasteiger partial charge in [-0.25, -0.2) is 0 Å². The smallest absolute Gasteiger partial charge is 0.358 e. The van der Waals surface area contributed by atoms with Gasteiger partial charge in [-0.05, 0) is 23.1 Å². The molecule has 0 saturated carbocycles. The van der Waals surface area contributed by atoms with E-state index in [-0.39, 0.29) is 11.7 Å². The third-order valence-corrected chi connectivity index (χ3v) is 2.36. The lowest BCUT2D eigenvalue weighted by Gasteiger charge is -2.01. The van der Waals surface area contributed by atoms with E-state index in [4.69, 9.17) is 0 Å². The number of carbonyl (C=O) groups is 1. The van der Waals surface area contributed by atoms with Gasteiger partial charge in [0.2, 0.25) is 0 Å². The third-order valence-electron chi connectivity index (χ3n) is 2.36. The molecular weight excluding hydrogens is 236 g/mol.